The predicted octanol–water partition coefficient (Wildman–Crippen LogP) is 2.76. The van der Waals surface area contributed by atoms with Gasteiger partial charge in [-0.3, -0.25) is 0 Å². The van der Waals surface area contributed by atoms with Crippen molar-refractivity contribution in [1.82, 2.24) is 4.90 Å². The molecule has 0 atom stereocenters. The fraction of sp³-hybridized carbons (Fsp3) is 0.467. The zero-order valence-corrected chi connectivity index (χ0v) is 10.4. The lowest BCUT2D eigenvalue weighted by Gasteiger charge is -2.23. The highest BCUT2D eigenvalue weighted by molar-refractivity contribution is 5.43. The standard InChI is InChI=1S/C15H22N2/c16-10-4-5-11-17-12-8-15(9-13-17)14-6-2-1-3-7-14/h1-2,7-9,12H,3-6,10-11,13,16H2. The van der Waals surface area contributed by atoms with Crippen molar-refractivity contribution in [2.45, 2.75) is 25.7 Å². The largest absolute Gasteiger partial charge is 0.374 e. The summed E-state index contributed by atoms with van der Waals surface area (Å²) in [5.41, 5.74) is 8.39. The van der Waals surface area contributed by atoms with Crippen LogP contribution < -0.4 is 5.73 Å². The van der Waals surface area contributed by atoms with Gasteiger partial charge in [0.2, 0.25) is 0 Å². The van der Waals surface area contributed by atoms with E-state index in [4.69, 9.17) is 5.73 Å². The number of allylic oxidation sites excluding steroid dienone is 6. The predicted molar refractivity (Wildman–Crippen MR) is 73.5 cm³/mol. The van der Waals surface area contributed by atoms with Crippen molar-refractivity contribution in [3.63, 3.8) is 0 Å². The van der Waals surface area contributed by atoms with Gasteiger partial charge in [0, 0.05) is 13.1 Å². The molecule has 2 aliphatic rings. The minimum absolute atomic E-state index is 0.803. The topological polar surface area (TPSA) is 29.3 Å². The van der Waals surface area contributed by atoms with Crippen molar-refractivity contribution in [3.8, 4) is 0 Å². The monoisotopic (exact) mass is 230 g/mol. The molecule has 2 nitrogen and oxygen atoms in total. The molecule has 0 saturated carbocycles. The molecule has 0 spiro atoms. The summed E-state index contributed by atoms with van der Waals surface area (Å²) < 4.78 is 0. The van der Waals surface area contributed by atoms with E-state index in [0.717, 1.165) is 38.9 Å². The summed E-state index contributed by atoms with van der Waals surface area (Å²) in [6, 6.07) is 0. The van der Waals surface area contributed by atoms with E-state index in [-0.39, 0.29) is 0 Å². The van der Waals surface area contributed by atoms with Gasteiger partial charge in [-0.25, -0.2) is 0 Å². The van der Waals surface area contributed by atoms with Crippen LogP contribution >= 0.6 is 0 Å². The van der Waals surface area contributed by atoms with Crippen molar-refractivity contribution in [1.29, 1.82) is 0 Å². The molecule has 1 aliphatic heterocycles. The number of unbranched alkanes of at least 4 members (excludes halogenated alkanes) is 1. The van der Waals surface area contributed by atoms with Gasteiger partial charge in [-0.2, -0.15) is 0 Å². The number of hydrogen-bond acceptors (Lipinski definition) is 2. The molecule has 0 fully saturated rings. The molecule has 0 radical (unpaired) electrons. The van der Waals surface area contributed by atoms with Gasteiger partial charge >= 0.3 is 0 Å². The fourth-order valence-corrected chi connectivity index (χ4v) is 2.23. The molecular weight excluding hydrogens is 208 g/mol. The van der Waals surface area contributed by atoms with Crippen LogP contribution in [-0.2, 0) is 0 Å². The second-order valence-corrected chi connectivity index (χ2v) is 4.61. The van der Waals surface area contributed by atoms with E-state index < -0.39 is 0 Å². The number of hydrogen-bond donors (Lipinski definition) is 1. The second-order valence-electron chi connectivity index (χ2n) is 4.61. The number of nitrogens with zero attached hydrogens (tertiary/aromatic N) is 1. The Morgan fingerprint density at radius 2 is 2.12 bits per heavy atom. The second kappa shape index (κ2) is 6.45. The average Bonchev–Trinajstić information content (AvgIpc) is 2.41. The Labute approximate surface area is 104 Å². The van der Waals surface area contributed by atoms with E-state index >= 15 is 0 Å². The van der Waals surface area contributed by atoms with Crippen molar-refractivity contribution in [3.05, 3.63) is 47.7 Å². The van der Waals surface area contributed by atoms with Crippen molar-refractivity contribution in [2.24, 2.45) is 5.73 Å². The van der Waals surface area contributed by atoms with Crippen LogP contribution in [0, 0.1) is 0 Å². The first-order valence-electron chi connectivity index (χ1n) is 6.57. The Morgan fingerprint density at radius 3 is 2.76 bits per heavy atom. The first kappa shape index (κ1) is 12.2. The maximum Gasteiger partial charge on any atom is 0.0362 e. The van der Waals surface area contributed by atoms with Gasteiger partial charge in [-0.05, 0) is 55.7 Å². The van der Waals surface area contributed by atoms with Crippen LogP contribution in [0.15, 0.2) is 47.7 Å². The molecule has 0 aromatic carbocycles. The molecule has 0 amide bonds. The molecule has 0 unspecified atom stereocenters. The third-order valence-corrected chi connectivity index (χ3v) is 3.29. The number of rotatable bonds is 5. The molecule has 2 rings (SSSR count). The molecule has 2 heteroatoms. The summed E-state index contributed by atoms with van der Waals surface area (Å²) in [7, 11) is 0. The highest BCUT2D eigenvalue weighted by atomic mass is 15.1. The van der Waals surface area contributed by atoms with E-state index in [2.05, 4.69) is 41.5 Å². The summed E-state index contributed by atoms with van der Waals surface area (Å²) in [6.45, 7) is 2.96. The van der Waals surface area contributed by atoms with Gasteiger partial charge in [-0.1, -0.05) is 24.3 Å². The molecule has 0 aromatic rings. The van der Waals surface area contributed by atoms with Gasteiger partial charge in [0.25, 0.3) is 0 Å². The molecule has 92 valence electrons. The minimum Gasteiger partial charge on any atom is -0.374 e. The molecular formula is C15H22N2. The lowest BCUT2D eigenvalue weighted by molar-refractivity contribution is 0.397. The Kier molecular flexibility index (Phi) is 4.63. The summed E-state index contributed by atoms with van der Waals surface area (Å²) >= 11 is 0. The average molecular weight is 230 g/mol. The van der Waals surface area contributed by atoms with Gasteiger partial charge in [0.05, 0.1) is 0 Å². The summed E-state index contributed by atoms with van der Waals surface area (Å²) in [4.78, 5) is 2.36. The van der Waals surface area contributed by atoms with Crippen LogP contribution in [0.25, 0.3) is 0 Å². The molecule has 2 N–H and O–H groups in total. The van der Waals surface area contributed by atoms with Crippen LogP contribution in [0.1, 0.15) is 25.7 Å². The quantitative estimate of drug-likeness (QED) is 0.581. The Bertz CT molecular complexity index is 361. The van der Waals surface area contributed by atoms with Crippen molar-refractivity contribution in [2.75, 3.05) is 19.6 Å². The van der Waals surface area contributed by atoms with Crippen molar-refractivity contribution < 1.29 is 0 Å². The highest BCUT2D eigenvalue weighted by Gasteiger charge is 2.08. The Balaban J connectivity index is 1.81. The van der Waals surface area contributed by atoms with E-state index in [9.17, 15) is 0 Å². The molecule has 0 aromatic heterocycles. The summed E-state index contributed by atoms with van der Waals surface area (Å²) in [5, 5.41) is 0. The van der Waals surface area contributed by atoms with Gasteiger partial charge in [0.15, 0.2) is 0 Å². The Morgan fingerprint density at radius 1 is 1.18 bits per heavy atom. The minimum atomic E-state index is 0.803. The maximum atomic E-state index is 5.50. The van der Waals surface area contributed by atoms with Gasteiger partial charge in [0.1, 0.15) is 0 Å². The van der Waals surface area contributed by atoms with Crippen LogP contribution in [0.4, 0.5) is 0 Å². The van der Waals surface area contributed by atoms with Crippen LogP contribution in [-0.4, -0.2) is 24.5 Å². The molecule has 1 heterocycles. The SMILES string of the molecule is NCCCCN1C=CC(C2=CCC=CC2)=CC1. The van der Waals surface area contributed by atoms with Crippen LogP contribution in [0.3, 0.4) is 0 Å². The molecule has 17 heavy (non-hydrogen) atoms. The van der Waals surface area contributed by atoms with E-state index in [1.165, 1.54) is 17.6 Å². The Hall–Kier alpha value is -1.28. The highest BCUT2D eigenvalue weighted by Crippen LogP contribution is 2.23. The third kappa shape index (κ3) is 3.60. The smallest absolute Gasteiger partial charge is 0.0362 e. The zero-order valence-electron chi connectivity index (χ0n) is 10.4. The van der Waals surface area contributed by atoms with Crippen LogP contribution in [0.5, 0.6) is 0 Å². The van der Waals surface area contributed by atoms with Crippen molar-refractivity contribution >= 4 is 0 Å². The fourth-order valence-electron chi connectivity index (χ4n) is 2.23. The van der Waals surface area contributed by atoms with E-state index in [0.29, 0.717) is 0 Å². The zero-order chi connectivity index (χ0) is 11.9. The van der Waals surface area contributed by atoms with Crippen LogP contribution in [0.2, 0.25) is 0 Å². The van der Waals surface area contributed by atoms with Gasteiger partial charge < -0.3 is 10.6 Å². The first-order valence-corrected chi connectivity index (χ1v) is 6.57. The van der Waals surface area contributed by atoms with Gasteiger partial charge in [-0.15, -0.1) is 0 Å². The normalized spacial score (nSPS) is 19.2. The molecule has 0 saturated heterocycles. The van der Waals surface area contributed by atoms with E-state index in [1.54, 1.807) is 0 Å². The van der Waals surface area contributed by atoms with E-state index in [1.807, 2.05) is 0 Å². The molecule has 0 bridgehead atoms. The maximum absolute atomic E-state index is 5.50. The summed E-state index contributed by atoms with van der Waals surface area (Å²) in [5.74, 6) is 0. The summed E-state index contributed by atoms with van der Waals surface area (Å²) in [6.07, 6.45) is 18.1. The molecule has 1 aliphatic carbocycles. The third-order valence-electron chi connectivity index (χ3n) is 3.29. The first-order chi connectivity index (χ1) is 8.40. The number of nitrogens with two attached hydrogens (primary N) is 1. The lowest BCUT2D eigenvalue weighted by atomic mass is 9.96. The lowest BCUT2D eigenvalue weighted by Crippen LogP contribution is -2.22.